The maximum atomic E-state index is 14.4. The highest BCUT2D eigenvalue weighted by Crippen LogP contribution is 2.52. The molecule has 1 aliphatic carbocycles. The number of halogens is 2. The fourth-order valence-corrected chi connectivity index (χ4v) is 6.06. The second-order valence-electron chi connectivity index (χ2n) is 11.0. The van der Waals surface area contributed by atoms with E-state index in [-0.39, 0.29) is 41.5 Å². The number of azo groups is 2. The van der Waals surface area contributed by atoms with Crippen molar-refractivity contribution in [2.75, 3.05) is 10.6 Å². The third kappa shape index (κ3) is 4.91. The molecule has 8 rings (SSSR count). The predicted octanol–water partition coefficient (Wildman–Crippen LogP) is 6.59. The third-order valence-corrected chi connectivity index (χ3v) is 8.54. The predicted molar refractivity (Wildman–Crippen MR) is 179 cm³/mol. The Morgan fingerprint density at radius 1 is 0.780 bits per heavy atom. The highest BCUT2D eigenvalue weighted by atomic mass is 35.5. The van der Waals surface area contributed by atoms with Crippen LogP contribution in [0.2, 0.25) is 10.0 Å². The molecule has 1 unspecified atom stereocenters. The number of aromatic hydroxyl groups is 2. The van der Waals surface area contributed by atoms with Gasteiger partial charge in [-0.05, 0) is 60.5 Å². The van der Waals surface area contributed by atoms with Crippen molar-refractivity contribution in [2.45, 2.75) is 11.8 Å². The Balaban J connectivity index is 1.19. The fraction of sp³-hybridized carbons (Fsp3) is 0.0645. The minimum absolute atomic E-state index is 0.0998. The largest absolute Gasteiger partial charge is 0.503 e. The first-order valence-electron chi connectivity index (χ1n) is 14.5. The van der Waals surface area contributed by atoms with Gasteiger partial charge in [-0.2, -0.15) is 19.8 Å². The number of ketones is 1. The summed E-state index contributed by atoms with van der Waals surface area (Å²) in [5.74, 6) is -2.80. The summed E-state index contributed by atoms with van der Waals surface area (Å²) in [5, 5.41) is 49.3. The number of hydrogen-bond acceptors (Lipinski definition) is 9. The molecule has 0 saturated heterocycles. The van der Waals surface area contributed by atoms with Crippen molar-refractivity contribution in [1.29, 1.82) is 0 Å². The smallest absolute Gasteiger partial charge is 0.348 e. The molecule has 1 atom stereocenters. The molecule has 0 radical (unpaired) electrons. The van der Waals surface area contributed by atoms with Gasteiger partial charge in [-0.3, -0.25) is 4.79 Å². The van der Waals surface area contributed by atoms with Crippen LogP contribution in [0.3, 0.4) is 0 Å². The van der Waals surface area contributed by atoms with E-state index >= 15 is 0 Å². The minimum atomic E-state index is -1.94. The molecule has 3 aromatic carbocycles. The lowest BCUT2D eigenvalue weighted by Crippen LogP contribution is -2.36. The number of nitrogens with zero attached hydrogens (tertiary/aromatic N) is 10. The Labute approximate surface area is 289 Å². The summed E-state index contributed by atoms with van der Waals surface area (Å²) < 4.78 is 1.99. The molecule has 2 aliphatic heterocycles. The summed E-state index contributed by atoms with van der Waals surface area (Å²) in [6, 6.07) is 17.7. The third-order valence-electron chi connectivity index (χ3n) is 8.03. The van der Waals surface area contributed by atoms with Gasteiger partial charge < -0.3 is 20.8 Å². The summed E-state index contributed by atoms with van der Waals surface area (Å²) in [6.07, 6.45) is -0.0998. The molecule has 0 bridgehead atoms. The van der Waals surface area contributed by atoms with Gasteiger partial charge in [0.05, 0.1) is 0 Å². The summed E-state index contributed by atoms with van der Waals surface area (Å²) in [4.78, 5) is 52.2. The fourth-order valence-electron chi connectivity index (χ4n) is 5.80. The van der Waals surface area contributed by atoms with Crippen molar-refractivity contribution in [3.8, 4) is 11.6 Å². The number of fused-ring (bicyclic) bond motifs is 3. The zero-order valence-electron chi connectivity index (χ0n) is 25.0. The highest BCUT2D eigenvalue weighted by Gasteiger charge is 2.56. The number of rotatable bonds is 4. The van der Waals surface area contributed by atoms with Gasteiger partial charge in [0.1, 0.15) is 16.8 Å². The Morgan fingerprint density at radius 2 is 1.38 bits per heavy atom. The minimum Gasteiger partial charge on any atom is -0.503 e. The molecule has 3 aliphatic rings. The topological polar surface area (TPSA) is 226 Å². The van der Waals surface area contributed by atoms with Crippen molar-refractivity contribution in [1.82, 2.24) is 19.3 Å². The van der Waals surface area contributed by atoms with E-state index in [1.165, 1.54) is 0 Å². The van der Waals surface area contributed by atoms with Gasteiger partial charge in [0.15, 0.2) is 11.5 Å². The lowest BCUT2D eigenvalue weighted by molar-refractivity contribution is 0.0920. The Bertz CT molecular complexity index is 2410. The van der Waals surface area contributed by atoms with Gasteiger partial charge in [0.25, 0.3) is 17.9 Å². The number of benzene rings is 3. The first-order chi connectivity index (χ1) is 24.1. The van der Waals surface area contributed by atoms with E-state index in [4.69, 9.17) is 23.2 Å². The maximum Gasteiger partial charge on any atom is 0.348 e. The van der Waals surface area contributed by atoms with Crippen LogP contribution >= 0.6 is 23.2 Å². The Hall–Kier alpha value is -6.59. The second kappa shape index (κ2) is 11.5. The Kier molecular flexibility index (Phi) is 7.09. The van der Waals surface area contributed by atoms with Crippen LogP contribution in [0.15, 0.2) is 103 Å². The number of hydrogen-bond donors (Lipinski definition) is 4. The van der Waals surface area contributed by atoms with E-state index < -0.39 is 34.9 Å². The van der Waals surface area contributed by atoms with Gasteiger partial charge in [0, 0.05) is 27.0 Å². The monoisotopic (exact) mass is 708 g/mol. The first-order valence-corrected chi connectivity index (χ1v) is 15.3. The van der Waals surface area contributed by atoms with E-state index in [0.29, 0.717) is 32.5 Å². The van der Waals surface area contributed by atoms with E-state index in [1.54, 1.807) is 72.8 Å². The lowest BCUT2D eigenvalue weighted by Gasteiger charge is -2.24. The molecule has 0 fully saturated rings. The molecular weight excluding hydrogens is 691 g/mol. The second-order valence-corrected chi connectivity index (χ2v) is 11.9. The number of imidazole rings is 1. The number of aromatic nitrogens is 4. The van der Waals surface area contributed by atoms with Crippen molar-refractivity contribution in [3.05, 3.63) is 105 Å². The SMILES string of the molecule is O=C(/N=C1\N=Nc2c(O)c(C3(c4nc5n(c4O)/C(=N/C(=O)Nc4ccc(Cl)cc4)N=N5)Cc4ccccc4C3=O)nn21)Nc1ccc(Cl)cc1. The number of carbonyl (C=O) groups is 3. The number of Topliss-reactive ketones (excluding diaryl/α,β-unsaturated/α-hetero) is 1. The molecular formula is C31H18Cl2N12O5. The number of urea groups is 2. The first kappa shape index (κ1) is 30.7. The molecule has 4 N–H and O–H groups in total. The number of anilines is 2. The van der Waals surface area contributed by atoms with Gasteiger partial charge in [-0.15, -0.1) is 20.5 Å². The normalized spacial score (nSPS) is 18.5. The van der Waals surface area contributed by atoms with Crippen LogP contribution < -0.4 is 10.6 Å². The van der Waals surface area contributed by atoms with E-state index in [2.05, 4.69) is 51.2 Å². The standard InChI is InChI=1S/C31H18Cl2N12O5/c32-15-5-9-17(10-6-15)34-29(49)37-27-41-40-26-36-22(25(48)44(26)27)31(13-14-3-1-2-4-19(14)23(31)47)21-20(46)24-39-42-28(45(24)43-21)38-30(50)35-18-11-7-16(33)8-12-18/h1-12,46,48H,13H2,(H,34,49)(H,35,50)/b37-27+,38-28+. The quantitative estimate of drug-likeness (QED) is 0.160. The number of amides is 4. The van der Waals surface area contributed by atoms with Crippen molar-refractivity contribution in [3.63, 3.8) is 0 Å². The van der Waals surface area contributed by atoms with Gasteiger partial charge in [0.2, 0.25) is 11.7 Å². The zero-order valence-corrected chi connectivity index (χ0v) is 26.5. The summed E-state index contributed by atoms with van der Waals surface area (Å²) in [7, 11) is 0. The van der Waals surface area contributed by atoms with Crippen molar-refractivity contribution in [2.24, 2.45) is 30.4 Å². The zero-order chi connectivity index (χ0) is 34.7. The average Bonchev–Trinajstić information content (AvgIpc) is 3.90. The highest BCUT2D eigenvalue weighted by molar-refractivity contribution is 6.31. The van der Waals surface area contributed by atoms with Crippen LogP contribution in [0, 0.1) is 0 Å². The van der Waals surface area contributed by atoms with Crippen molar-refractivity contribution < 1.29 is 24.6 Å². The van der Waals surface area contributed by atoms with Crippen LogP contribution in [0.25, 0.3) is 0 Å². The molecule has 4 amide bonds. The summed E-state index contributed by atoms with van der Waals surface area (Å²) >= 11 is 11.8. The molecule has 17 nitrogen and oxygen atoms in total. The molecule has 0 spiro atoms. The van der Waals surface area contributed by atoms with E-state index in [0.717, 1.165) is 9.25 Å². The molecule has 5 aromatic rings. The molecule has 2 aromatic heterocycles. The molecule has 0 saturated carbocycles. The van der Waals surface area contributed by atoms with Crippen LogP contribution in [-0.2, 0) is 11.8 Å². The number of aliphatic imine (C=N–C) groups is 2. The van der Waals surface area contributed by atoms with Crippen LogP contribution in [0.4, 0.5) is 32.7 Å². The van der Waals surface area contributed by atoms with Crippen LogP contribution in [0.5, 0.6) is 11.6 Å². The van der Waals surface area contributed by atoms with Gasteiger partial charge in [-0.25, -0.2) is 19.1 Å². The lowest BCUT2D eigenvalue weighted by atomic mass is 9.77. The van der Waals surface area contributed by atoms with Crippen molar-refractivity contribution >= 4 is 76.1 Å². The molecule has 50 heavy (non-hydrogen) atoms. The molecule has 19 heteroatoms. The molecule has 246 valence electrons. The van der Waals surface area contributed by atoms with Crippen LogP contribution in [-0.4, -0.2) is 59.3 Å². The number of nitrogens with one attached hydrogen (secondary N) is 2. The maximum absolute atomic E-state index is 14.4. The average molecular weight is 709 g/mol. The van der Waals surface area contributed by atoms with E-state index in [9.17, 15) is 24.6 Å². The summed E-state index contributed by atoms with van der Waals surface area (Å²) in [6.45, 7) is 0. The Morgan fingerprint density at radius 3 is 2.02 bits per heavy atom. The molecule has 4 heterocycles. The van der Waals surface area contributed by atoms with Gasteiger partial charge in [-0.1, -0.05) is 47.5 Å². The summed E-state index contributed by atoms with van der Waals surface area (Å²) in [5.41, 5.74) is -0.764. The van der Waals surface area contributed by atoms with Crippen LogP contribution in [0.1, 0.15) is 27.3 Å². The van der Waals surface area contributed by atoms with Gasteiger partial charge >= 0.3 is 12.1 Å². The van der Waals surface area contributed by atoms with E-state index in [1.807, 2.05) is 0 Å². The number of carbonyl (C=O) groups excluding carboxylic acids is 3.